The molecule has 1 N–H and O–H groups in total. The van der Waals surface area contributed by atoms with Crippen molar-refractivity contribution in [1.82, 2.24) is 4.90 Å². The van der Waals surface area contributed by atoms with Crippen LogP contribution in [0.2, 0.25) is 0 Å². The monoisotopic (exact) mass is 630 g/mol. The van der Waals surface area contributed by atoms with E-state index in [0.29, 0.717) is 37.0 Å². The Balaban J connectivity index is 0.00000240. The third-order valence-electron chi connectivity index (χ3n) is 6.66. The number of ether oxygens (including phenoxy) is 1. The Hall–Kier alpha value is 0.0716. The number of hydrogen-bond acceptors (Lipinski definition) is 5. The molecule has 5 nitrogen and oxygen atoms in total. The first kappa shape index (κ1) is 23.7. The Morgan fingerprint density at radius 3 is 2.52 bits per heavy atom. The summed E-state index contributed by atoms with van der Waals surface area (Å²) in [4.78, 5) is 24.8. The van der Waals surface area contributed by atoms with Gasteiger partial charge in [0, 0.05) is 69.2 Å². The van der Waals surface area contributed by atoms with Crippen molar-refractivity contribution in [1.29, 1.82) is 0 Å². The summed E-state index contributed by atoms with van der Waals surface area (Å²) in [7, 11) is 0. The Labute approximate surface area is 212 Å². The SMILES string of the molecule is CC1C(O)C(SCCN2C(=O)CCC2=O)OC2CCC(c3ccccc3)CC21.[Ac]. The Morgan fingerprint density at radius 1 is 1.14 bits per heavy atom. The topological polar surface area (TPSA) is 66.8 Å². The van der Waals surface area contributed by atoms with Crippen molar-refractivity contribution in [3.8, 4) is 0 Å². The first-order chi connectivity index (χ1) is 13.5. The minimum atomic E-state index is -0.522. The minimum absolute atomic E-state index is 0. The quantitative estimate of drug-likeness (QED) is 0.507. The second-order valence-electron chi connectivity index (χ2n) is 8.29. The van der Waals surface area contributed by atoms with Gasteiger partial charge in [-0.2, -0.15) is 0 Å². The smallest absolute Gasteiger partial charge is 0.229 e. The number of fused-ring (bicyclic) bond motifs is 1. The van der Waals surface area contributed by atoms with Crippen LogP contribution in [0.4, 0.5) is 0 Å². The van der Waals surface area contributed by atoms with Crippen LogP contribution >= 0.6 is 11.8 Å². The summed E-state index contributed by atoms with van der Waals surface area (Å²) >= 11 is 1.53. The second kappa shape index (κ2) is 10.6. The van der Waals surface area contributed by atoms with E-state index in [-0.39, 0.29) is 73.3 Å². The van der Waals surface area contributed by atoms with Gasteiger partial charge < -0.3 is 9.84 Å². The molecule has 6 atom stereocenters. The Kier molecular flexibility index (Phi) is 8.67. The molecule has 2 saturated heterocycles. The van der Waals surface area contributed by atoms with E-state index < -0.39 is 6.10 Å². The fourth-order valence-electron chi connectivity index (χ4n) is 4.95. The number of carbonyl (C=O) groups excluding carboxylic acids is 2. The average Bonchev–Trinajstić information content (AvgIpc) is 3.04. The van der Waals surface area contributed by atoms with Crippen molar-refractivity contribution in [2.75, 3.05) is 12.3 Å². The number of thioether (sulfide) groups is 1. The molecule has 1 radical (unpaired) electrons. The van der Waals surface area contributed by atoms with Crippen LogP contribution in [0.1, 0.15) is 50.5 Å². The standard InChI is InChI=1S/C22H29NO4S.Ac/c1-14-17-13-16(15-5-3-2-4-6-15)7-8-18(17)27-22(21(14)26)28-12-11-23-19(24)9-10-20(23)25;/h2-6,14,16-18,21-22,26H,7-13H2,1H3;. The Bertz CT molecular complexity index is 700. The van der Waals surface area contributed by atoms with Crippen LogP contribution in [0.15, 0.2) is 30.3 Å². The van der Waals surface area contributed by atoms with Crippen LogP contribution in [0, 0.1) is 55.9 Å². The normalized spacial score (nSPS) is 34.6. The van der Waals surface area contributed by atoms with Crippen LogP contribution in [0.25, 0.3) is 0 Å². The van der Waals surface area contributed by atoms with E-state index in [4.69, 9.17) is 4.74 Å². The summed E-state index contributed by atoms with van der Waals surface area (Å²) < 4.78 is 6.30. The molecule has 2 amide bonds. The molecule has 0 aromatic heterocycles. The van der Waals surface area contributed by atoms with E-state index in [1.807, 2.05) is 0 Å². The van der Waals surface area contributed by atoms with Gasteiger partial charge in [-0.15, -0.1) is 11.8 Å². The van der Waals surface area contributed by atoms with E-state index in [2.05, 4.69) is 37.3 Å². The number of nitrogens with zero attached hydrogens (tertiary/aromatic N) is 1. The van der Waals surface area contributed by atoms with Gasteiger partial charge in [0.25, 0.3) is 0 Å². The maximum Gasteiger partial charge on any atom is 0.229 e. The van der Waals surface area contributed by atoms with Crippen molar-refractivity contribution < 1.29 is 63.5 Å². The number of aliphatic hydroxyl groups excluding tert-OH is 1. The molecular weight excluding hydrogens is 601 g/mol. The number of imide groups is 1. The third kappa shape index (κ3) is 5.29. The van der Waals surface area contributed by atoms with Gasteiger partial charge in [0.15, 0.2) is 0 Å². The molecule has 7 heteroatoms. The largest absolute Gasteiger partial charge is 0.389 e. The summed E-state index contributed by atoms with van der Waals surface area (Å²) in [5.74, 6) is 1.53. The van der Waals surface area contributed by atoms with E-state index in [1.54, 1.807) is 0 Å². The molecule has 3 aliphatic rings. The molecule has 6 unspecified atom stereocenters. The van der Waals surface area contributed by atoms with E-state index in [0.717, 1.165) is 19.3 Å². The van der Waals surface area contributed by atoms with Crippen molar-refractivity contribution >= 4 is 23.6 Å². The van der Waals surface area contributed by atoms with Crippen molar-refractivity contribution in [3.63, 3.8) is 0 Å². The molecule has 0 spiro atoms. The molecule has 1 saturated carbocycles. The summed E-state index contributed by atoms with van der Waals surface area (Å²) in [6.07, 6.45) is 3.51. The number of rotatable bonds is 5. The summed E-state index contributed by atoms with van der Waals surface area (Å²) in [6, 6.07) is 10.7. The van der Waals surface area contributed by atoms with Gasteiger partial charge in [-0.05, 0) is 42.6 Å². The molecule has 2 heterocycles. The first-order valence-corrected chi connectivity index (χ1v) is 11.4. The number of carbonyl (C=O) groups is 2. The van der Waals surface area contributed by atoms with Gasteiger partial charge in [-0.1, -0.05) is 37.3 Å². The van der Waals surface area contributed by atoms with Crippen LogP contribution in [-0.4, -0.2) is 51.8 Å². The van der Waals surface area contributed by atoms with Gasteiger partial charge in [0.05, 0.1) is 12.2 Å². The molecule has 2 aliphatic heterocycles. The maximum absolute atomic E-state index is 11.7. The zero-order valence-corrected chi connectivity index (χ0v) is 22.5. The van der Waals surface area contributed by atoms with Gasteiger partial charge in [0.1, 0.15) is 5.44 Å². The van der Waals surface area contributed by atoms with E-state index in [1.165, 1.54) is 22.2 Å². The molecular formula is C22H29AcNO4S. The summed E-state index contributed by atoms with van der Waals surface area (Å²) in [5, 5.41) is 10.8. The number of likely N-dealkylation sites (tertiary alicyclic amines) is 1. The fraction of sp³-hybridized carbons (Fsp3) is 0.636. The molecule has 1 aliphatic carbocycles. The maximum atomic E-state index is 11.7. The number of aliphatic hydroxyl groups is 1. The Morgan fingerprint density at radius 2 is 1.83 bits per heavy atom. The average molecular weight is 631 g/mol. The predicted octanol–water partition coefficient (Wildman–Crippen LogP) is 3.17. The summed E-state index contributed by atoms with van der Waals surface area (Å²) in [6.45, 7) is 2.55. The van der Waals surface area contributed by atoms with Gasteiger partial charge in [-0.25, -0.2) is 0 Å². The molecule has 29 heavy (non-hydrogen) atoms. The van der Waals surface area contributed by atoms with Gasteiger partial charge >= 0.3 is 0 Å². The minimum Gasteiger partial charge on any atom is -0.389 e. The van der Waals surface area contributed by atoms with E-state index >= 15 is 0 Å². The number of hydrogen-bond donors (Lipinski definition) is 1. The third-order valence-corrected chi connectivity index (χ3v) is 7.80. The molecule has 4 rings (SSSR count). The van der Waals surface area contributed by atoms with E-state index in [9.17, 15) is 14.7 Å². The van der Waals surface area contributed by atoms with Crippen LogP contribution in [-0.2, 0) is 14.3 Å². The molecule has 0 bridgehead atoms. The summed E-state index contributed by atoms with van der Waals surface area (Å²) in [5.41, 5.74) is 1.11. The molecule has 155 valence electrons. The zero-order valence-electron chi connectivity index (χ0n) is 16.9. The van der Waals surface area contributed by atoms with Crippen molar-refractivity contribution in [3.05, 3.63) is 35.9 Å². The van der Waals surface area contributed by atoms with Gasteiger partial charge in [-0.3, -0.25) is 14.5 Å². The van der Waals surface area contributed by atoms with Crippen LogP contribution < -0.4 is 0 Å². The zero-order chi connectivity index (χ0) is 19.7. The molecule has 1 aromatic carbocycles. The second-order valence-corrected chi connectivity index (χ2v) is 9.49. The van der Waals surface area contributed by atoms with Crippen LogP contribution in [0.3, 0.4) is 0 Å². The number of amides is 2. The first-order valence-electron chi connectivity index (χ1n) is 10.4. The fourth-order valence-corrected chi connectivity index (χ4v) is 6.14. The van der Waals surface area contributed by atoms with Crippen molar-refractivity contribution in [2.24, 2.45) is 11.8 Å². The van der Waals surface area contributed by atoms with Crippen molar-refractivity contribution in [2.45, 2.75) is 62.6 Å². The van der Waals surface area contributed by atoms with Gasteiger partial charge in [0.2, 0.25) is 11.8 Å². The molecule has 1 aromatic rings. The number of benzene rings is 1. The van der Waals surface area contributed by atoms with Crippen LogP contribution in [0.5, 0.6) is 0 Å². The molecule has 3 fully saturated rings. The predicted molar refractivity (Wildman–Crippen MR) is 109 cm³/mol.